The van der Waals surface area contributed by atoms with Gasteiger partial charge >= 0.3 is 5.97 Å². The van der Waals surface area contributed by atoms with E-state index in [1.807, 2.05) is 0 Å². The highest BCUT2D eigenvalue weighted by Gasteiger charge is 2.11. The van der Waals surface area contributed by atoms with Gasteiger partial charge in [0.1, 0.15) is 0 Å². The zero-order valence-electron chi connectivity index (χ0n) is 8.79. The maximum Gasteiger partial charge on any atom is 0.338 e. The van der Waals surface area contributed by atoms with Crippen LogP contribution in [-0.4, -0.2) is 12.6 Å². The van der Waals surface area contributed by atoms with Gasteiger partial charge in [-0.25, -0.2) is 4.79 Å². The van der Waals surface area contributed by atoms with Crippen LogP contribution in [-0.2, 0) is 9.53 Å². The molecule has 0 aliphatic rings. The molecule has 15 heavy (non-hydrogen) atoms. The molecule has 2 nitrogen and oxygen atoms in total. The third-order valence-electron chi connectivity index (χ3n) is 1.94. The van der Waals surface area contributed by atoms with E-state index >= 15 is 0 Å². The second-order valence-corrected chi connectivity index (χ2v) is 3.37. The number of carbonyl (C=O) groups excluding carboxylic acids is 1. The monoisotopic (exact) mass is 224 g/mol. The summed E-state index contributed by atoms with van der Waals surface area (Å²) in [5, 5.41) is 0.651. The smallest absolute Gasteiger partial charge is 0.338 e. The van der Waals surface area contributed by atoms with E-state index in [1.54, 1.807) is 44.2 Å². The van der Waals surface area contributed by atoms with Crippen molar-refractivity contribution in [3.05, 3.63) is 40.9 Å². The fraction of sp³-hybridized carbons (Fsp3) is 0.250. The Morgan fingerprint density at radius 2 is 2.00 bits per heavy atom. The molecule has 1 aromatic carbocycles. The summed E-state index contributed by atoms with van der Waals surface area (Å²) in [6, 6.07) is 7.10. The molecule has 0 fully saturated rings. The standard InChI is InChI=1S/C12H13ClO2/c1-3-11(12(14)15-4-2)9-5-7-10(13)8-6-9/h3,5-8H,4H2,1-2H3. The van der Waals surface area contributed by atoms with E-state index in [-0.39, 0.29) is 5.97 Å². The van der Waals surface area contributed by atoms with Crippen molar-refractivity contribution in [2.45, 2.75) is 13.8 Å². The van der Waals surface area contributed by atoms with Gasteiger partial charge in [-0.05, 0) is 31.5 Å². The molecule has 0 unspecified atom stereocenters. The van der Waals surface area contributed by atoms with Crippen LogP contribution in [0.3, 0.4) is 0 Å². The fourth-order valence-electron chi connectivity index (χ4n) is 1.24. The fourth-order valence-corrected chi connectivity index (χ4v) is 1.37. The second kappa shape index (κ2) is 5.56. The van der Waals surface area contributed by atoms with Crippen LogP contribution in [0, 0.1) is 0 Å². The van der Waals surface area contributed by atoms with Gasteiger partial charge in [0.05, 0.1) is 12.2 Å². The number of esters is 1. The molecule has 3 heteroatoms. The molecule has 80 valence electrons. The van der Waals surface area contributed by atoms with Gasteiger partial charge < -0.3 is 4.74 Å². The van der Waals surface area contributed by atoms with E-state index in [0.717, 1.165) is 5.56 Å². The van der Waals surface area contributed by atoms with Gasteiger partial charge in [0.25, 0.3) is 0 Å². The topological polar surface area (TPSA) is 26.3 Å². The minimum absolute atomic E-state index is 0.303. The number of allylic oxidation sites excluding steroid dienone is 1. The van der Waals surface area contributed by atoms with Gasteiger partial charge in [0.15, 0.2) is 0 Å². The SMILES string of the molecule is CC=C(C(=O)OCC)c1ccc(Cl)cc1. The third-order valence-corrected chi connectivity index (χ3v) is 2.19. The van der Waals surface area contributed by atoms with Crippen LogP contribution in [0.5, 0.6) is 0 Å². The Morgan fingerprint density at radius 1 is 1.40 bits per heavy atom. The molecule has 0 aliphatic carbocycles. The summed E-state index contributed by atoms with van der Waals surface area (Å²) in [6.45, 7) is 3.97. The predicted molar refractivity (Wildman–Crippen MR) is 61.7 cm³/mol. The van der Waals surface area contributed by atoms with Crippen LogP contribution in [0.25, 0.3) is 5.57 Å². The van der Waals surface area contributed by atoms with E-state index in [4.69, 9.17) is 16.3 Å². The number of carbonyl (C=O) groups is 1. The molecule has 0 amide bonds. The van der Waals surface area contributed by atoms with E-state index in [1.165, 1.54) is 0 Å². The third kappa shape index (κ3) is 3.10. The molecule has 0 radical (unpaired) electrons. The lowest BCUT2D eigenvalue weighted by atomic mass is 10.1. The average molecular weight is 225 g/mol. The Labute approximate surface area is 94.5 Å². The van der Waals surface area contributed by atoms with Crippen LogP contribution in [0.2, 0.25) is 5.02 Å². The molecule has 0 aromatic heterocycles. The van der Waals surface area contributed by atoms with Gasteiger partial charge in [-0.2, -0.15) is 0 Å². The Hall–Kier alpha value is -1.28. The lowest BCUT2D eigenvalue weighted by molar-refractivity contribution is -0.136. The van der Waals surface area contributed by atoms with Gasteiger partial charge in [0, 0.05) is 5.02 Å². The Bertz CT molecular complexity index is 366. The molecule has 0 bridgehead atoms. The van der Waals surface area contributed by atoms with Gasteiger partial charge in [-0.3, -0.25) is 0 Å². The summed E-state index contributed by atoms with van der Waals surface area (Å²) >= 11 is 5.76. The molecule has 1 aromatic rings. The number of hydrogen-bond acceptors (Lipinski definition) is 2. The highest BCUT2D eigenvalue weighted by Crippen LogP contribution is 2.18. The number of hydrogen-bond donors (Lipinski definition) is 0. The van der Waals surface area contributed by atoms with E-state index in [0.29, 0.717) is 17.2 Å². The Balaban J connectivity index is 2.94. The summed E-state index contributed by atoms with van der Waals surface area (Å²) < 4.78 is 4.94. The molecule has 0 spiro atoms. The number of benzene rings is 1. The maximum absolute atomic E-state index is 11.5. The van der Waals surface area contributed by atoms with Crippen LogP contribution < -0.4 is 0 Å². The quantitative estimate of drug-likeness (QED) is 0.582. The minimum Gasteiger partial charge on any atom is -0.462 e. The molecule has 0 N–H and O–H groups in total. The molecule has 0 aliphatic heterocycles. The zero-order valence-corrected chi connectivity index (χ0v) is 9.54. The molecular weight excluding hydrogens is 212 g/mol. The number of halogens is 1. The van der Waals surface area contributed by atoms with Crippen molar-refractivity contribution in [3.8, 4) is 0 Å². The summed E-state index contributed by atoms with van der Waals surface area (Å²) in [5.74, 6) is -0.303. The molecular formula is C12H13ClO2. The summed E-state index contributed by atoms with van der Waals surface area (Å²) in [6.07, 6.45) is 1.74. The number of ether oxygens (including phenoxy) is 1. The summed E-state index contributed by atoms with van der Waals surface area (Å²) in [4.78, 5) is 11.5. The Morgan fingerprint density at radius 3 is 2.47 bits per heavy atom. The van der Waals surface area contributed by atoms with Gasteiger partial charge in [0.2, 0.25) is 0 Å². The summed E-state index contributed by atoms with van der Waals surface area (Å²) in [5.41, 5.74) is 1.38. The first-order valence-corrected chi connectivity index (χ1v) is 5.16. The zero-order chi connectivity index (χ0) is 11.3. The van der Waals surface area contributed by atoms with Crippen LogP contribution in [0.4, 0.5) is 0 Å². The normalized spacial score (nSPS) is 11.3. The van der Waals surface area contributed by atoms with Crippen LogP contribution in [0.1, 0.15) is 19.4 Å². The molecule has 0 saturated heterocycles. The molecule has 0 atom stereocenters. The van der Waals surface area contributed by atoms with E-state index in [2.05, 4.69) is 0 Å². The average Bonchev–Trinajstić information content (AvgIpc) is 2.22. The predicted octanol–water partition coefficient (Wildman–Crippen LogP) is 3.31. The van der Waals surface area contributed by atoms with Crippen molar-refractivity contribution in [1.82, 2.24) is 0 Å². The van der Waals surface area contributed by atoms with Crippen molar-refractivity contribution < 1.29 is 9.53 Å². The van der Waals surface area contributed by atoms with Crippen molar-refractivity contribution in [2.75, 3.05) is 6.61 Å². The highest BCUT2D eigenvalue weighted by atomic mass is 35.5. The number of rotatable bonds is 3. The Kier molecular flexibility index (Phi) is 4.37. The minimum atomic E-state index is -0.303. The van der Waals surface area contributed by atoms with E-state index in [9.17, 15) is 4.79 Å². The molecule has 0 saturated carbocycles. The first-order chi connectivity index (χ1) is 7.19. The van der Waals surface area contributed by atoms with Crippen molar-refractivity contribution >= 4 is 23.1 Å². The first-order valence-electron chi connectivity index (χ1n) is 4.78. The van der Waals surface area contributed by atoms with Crippen molar-refractivity contribution in [3.63, 3.8) is 0 Å². The summed E-state index contributed by atoms with van der Waals surface area (Å²) in [7, 11) is 0. The lowest BCUT2D eigenvalue weighted by Crippen LogP contribution is -2.06. The molecule has 1 rings (SSSR count). The molecule has 0 heterocycles. The lowest BCUT2D eigenvalue weighted by Gasteiger charge is -2.06. The van der Waals surface area contributed by atoms with Crippen molar-refractivity contribution in [1.29, 1.82) is 0 Å². The maximum atomic E-state index is 11.5. The van der Waals surface area contributed by atoms with Gasteiger partial charge in [-0.1, -0.05) is 29.8 Å². The first kappa shape index (κ1) is 11.8. The van der Waals surface area contributed by atoms with Crippen LogP contribution in [0.15, 0.2) is 30.3 Å². The second-order valence-electron chi connectivity index (χ2n) is 2.93. The highest BCUT2D eigenvalue weighted by molar-refractivity contribution is 6.30. The van der Waals surface area contributed by atoms with E-state index < -0.39 is 0 Å². The van der Waals surface area contributed by atoms with Gasteiger partial charge in [-0.15, -0.1) is 0 Å². The largest absolute Gasteiger partial charge is 0.462 e. The van der Waals surface area contributed by atoms with Crippen LogP contribution >= 0.6 is 11.6 Å². The van der Waals surface area contributed by atoms with Crippen molar-refractivity contribution in [2.24, 2.45) is 0 Å².